The number of ether oxygens (including phenoxy) is 1. The highest BCUT2D eigenvalue weighted by molar-refractivity contribution is 7.91. The maximum atomic E-state index is 12.3. The van der Waals surface area contributed by atoms with Gasteiger partial charge in [-0.2, -0.15) is 21.6 Å². The number of rotatable bonds is 2. The number of hydrogen-bond donors (Lipinski definition) is 0. The van der Waals surface area contributed by atoms with Crippen LogP contribution in [0.4, 0.5) is 13.2 Å². The first-order chi connectivity index (χ1) is 9.98. The van der Waals surface area contributed by atoms with Crippen molar-refractivity contribution in [2.75, 3.05) is 0 Å². The predicted molar refractivity (Wildman–Crippen MR) is 72.8 cm³/mol. The summed E-state index contributed by atoms with van der Waals surface area (Å²) in [6.45, 7) is 4.99. The Morgan fingerprint density at radius 1 is 1.23 bits per heavy atom. The molecule has 1 rings (SSSR count). The molecular weight excluding hydrogens is 325 g/mol. The minimum atomic E-state index is -5.88. The Bertz CT molecular complexity index is 742. The molecule has 11 heteroatoms. The van der Waals surface area contributed by atoms with Crippen LogP contribution in [0.25, 0.3) is 10.4 Å². The summed E-state index contributed by atoms with van der Waals surface area (Å²) in [6.07, 6.45) is 0. The van der Waals surface area contributed by atoms with Crippen LogP contribution in [0.1, 0.15) is 16.7 Å². The first-order valence-electron chi connectivity index (χ1n) is 5.70. The van der Waals surface area contributed by atoms with Gasteiger partial charge >= 0.3 is 15.5 Å². The summed E-state index contributed by atoms with van der Waals surface area (Å²) in [7, 11) is -5.88. The van der Waals surface area contributed by atoms with Crippen LogP contribution >= 0.6 is 0 Å². The molecule has 7 nitrogen and oxygen atoms in total. The van der Waals surface area contributed by atoms with E-state index in [0.717, 1.165) is 5.56 Å². The number of nitrogens with zero attached hydrogens (tertiary/aromatic N) is 4. The van der Waals surface area contributed by atoms with Crippen LogP contribution in [0.15, 0.2) is 21.6 Å². The lowest BCUT2D eigenvalue weighted by molar-refractivity contribution is -0.0435. The molecule has 0 bridgehead atoms. The van der Waals surface area contributed by atoms with E-state index < -0.39 is 21.6 Å². The molecule has 0 amide bonds. The van der Waals surface area contributed by atoms with Gasteiger partial charge in [-0.1, -0.05) is 17.7 Å². The van der Waals surface area contributed by atoms with E-state index in [0.29, 0.717) is 11.1 Å². The van der Waals surface area contributed by atoms with Crippen LogP contribution in [0.2, 0.25) is 0 Å². The maximum absolute atomic E-state index is 12.3. The molecule has 0 fully saturated rings. The molecule has 22 heavy (non-hydrogen) atoms. The third-order valence-corrected chi connectivity index (χ3v) is 3.40. The molecule has 0 radical (unpaired) electrons. The van der Waals surface area contributed by atoms with Gasteiger partial charge in [0, 0.05) is 4.91 Å². The Morgan fingerprint density at radius 2 is 1.73 bits per heavy atom. The Hall–Kier alpha value is -2.26. The number of azide groups is 1. The molecular formula is C11H11F3N4O3S. The second-order valence-corrected chi connectivity index (χ2v) is 5.91. The summed E-state index contributed by atoms with van der Waals surface area (Å²) in [6, 6.07) is 2.07. The Morgan fingerprint density at radius 3 is 2.14 bits per heavy atom. The summed E-state index contributed by atoms with van der Waals surface area (Å²) in [5, 5.41) is 2.75. The molecule has 0 aromatic heterocycles. The van der Waals surface area contributed by atoms with E-state index in [1.807, 2.05) is 0 Å². The molecule has 0 aliphatic heterocycles. The van der Waals surface area contributed by atoms with Crippen molar-refractivity contribution in [3.63, 3.8) is 0 Å². The van der Waals surface area contributed by atoms with E-state index in [2.05, 4.69) is 14.4 Å². The van der Waals surface area contributed by atoms with Gasteiger partial charge in [0.25, 0.3) is 6.02 Å². The van der Waals surface area contributed by atoms with Crippen molar-refractivity contribution < 1.29 is 26.3 Å². The fraction of sp³-hybridized carbons (Fsp3) is 0.364. The van der Waals surface area contributed by atoms with Crippen LogP contribution in [0, 0.1) is 20.8 Å². The second-order valence-electron chi connectivity index (χ2n) is 4.31. The number of sulfonamides is 1. The monoisotopic (exact) mass is 336 g/mol. The molecule has 1 aromatic carbocycles. The maximum Gasteiger partial charge on any atom is 0.518 e. The van der Waals surface area contributed by atoms with Gasteiger partial charge in [-0.25, -0.2) is 0 Å². The quantitative estimate of drug-likeness (QED) is 0.271. The highest BCUT2D eigenvalue weighted by Gasteiger charge is 2.46. The molecule has 0 unspecified atom stereocenters. The topological polar surface area (TPSA) is 104 Å². The molecule has 120 valence electrons. The molecule has 0 saturated carbocycles. The number of halogens is 3. The number of hydrogen-bond acceptors (Lipinski definition) is 3. The Kier molecular flexibility index (Phi) is 5.05. The van der Waals surface area contributed by atoms with E-state index in [-0.39, 0.29) is 5.75 Å². The van der Waals surface area contributed by atoms with Crippen molar-refractivity contribution >= 4 is 16.0 Å². The third kappa shape index (κ3) is 4.12. The zero-order valence-corrected chi connectivity index (χ0v) is 12.5. The van der Waals surface area contributed by atoms with Crippen LogP contribution in [0.3, 0.4) is 0 Å². The van der Waals surface area contributed by atoms with Gasteiger partial charge in [0.1, 0.15) is 5.75 Å². The number of alkyl halides is 3. The number of amidine groups is 1. The minimum Gasteiger partial charge on any atom is -0.436 e. The smallest absolute Gasteiger partial charge is 0.436 e. The van der Waals surface area contributed by atoms with Crippen molar-refractivity contribution in [2.45, 2.75) is 26.3 Å². The zero-order chi connectivity index (χ0) is 17.1. The van der Waals surface area contributed by atoms with Crippen molar-refractivity contribution in [3.8, 4) is 5.75 Å². The SMILES string of the molecule is Cc1cc(C)c(O/C(N=[N+]=[N-])=N/S(=O)(=O)C(F)(F)F)c(C)c1. The zero-order valence-electron chi connectivity index (χ0n) is 11.7. The number of benzene rings is 1. The van der Waals surface area contributed by atoms with Crippen LogP contribution in [-0.4, -0.2) is 19.9 Å². The molecule has 1 aromatic rings. The summed E-state index contributed by atoms with van der Waals surface area (Å²) in [4.78, 5) is 2.21. The normalized spacial score (nSPS) is 12.7. The van der Waals surface area contributed by atoms with Crippen molar-refractivity contribution in [2.24, 2.45) is 9.51 Å². The minimum absolute atomic E-state index is 0.0640. The summed E-state index contributed by atoms with van der Waals surface area (Å²) in [5.74, 6) is 0.0640. The first kappa shape index (κ1) is 17.8. The van der Waals surface area contributed by atoms with Gasteiger partial charge in [0.05, 0.1) is 0 Å². The molecule has 0 N–H and O–H groups in total. The summed E-state index contributed by atoms with van der Waals surface area (Å²) < 4.78 is 66.2. The molecule has 0 heterocycles. The lowest BCUT2D eigenvalue weighted by Crippen LogP contribution is -2.23. The van der Waals surface area contributed by atoms with Crippen molar-refractivity contribution in [3.05, 3.63) is 39.3 Å². The van der Waals surface area contributed by atoms with Gasteiger partial charge in [-0.05, 0) is 42.5 Å². The molecule has 0 spiro atoms. The Labute approximate surface area is 124 Å². The highest BCUT2D eigenvalue weighted by Crippen LogP contribution is 2.27. The van der Waals surface area contributed by atoms with E-state index in [4.69, 9.17) is 10.3 Å². The van der Waals surface area contributed by atoms with Crippen molar-refractivity contribution in [1.82, 2.24) is 0 Å². The second kappa shape index (κ2) is 6.24. The van der Waals surface area contributed by atoms with E-state index in [1.54, 1.807) is 32.9 Å². The lowest BCUT2D eigenvalue weighted by Gasteiger charge is -2.12. The van der Waals surface area contributed by atoms with E-state index in [9.17, 15) is 21.6 Å². The average Bonchev–Trinajstić information content (AvgIpc) is 2.31. The van der Waals surface area contributed by atoms with Crippen LogP contribution < -0.4 is 4.74 Å². The summed E-state index contributed by atoms with van der Waals surface area (Å²) >= 11 is 0. The molecule has 0 aliphatic carbocycles. The highest BCUT2D eigenvalue weighted by atomic mass is 32.2. The number of aryl methyl sites for hydroxylation is 3. The van der Waals surface area contributed by atoms with Gasteiger partial charge in [0.15, 0.2) is 0 Å². The fourth-order valence-electron chi connectivity index (χ4n) is 1.67. The van der Waals surface area contributed by atoms with Gasteiger partial charge in [0.2, 0.25) is 0 Å². The van der Waals surface area contributed by atoms with Gasteiger partial charge in [-0.3, -0.25) is 0 Å². The molecule has 0 aliphatic rings. The average molecular weight is 336 g/mol. The third-order valence-electron chi connectivity index (χ3n) is 2.42. The summed E-state index contributed by atoms with van der Waals surface area (Å²) in [5.41, 5.74) is 4.60. The van der Waals surface area contributed by atoms with E-state index in [1.165, 1.54) is 0 Å². The molecule has 0 atom stereocenters. The Balaban J connectivity index is 3.35. The van der Waals surface area contributed by atoms with Gasteiger partial charge < -0.3 is 4.74 Å². The predicted octanol–water partition coefficient (Wildman–Crippen LogP) is 3.51. The first-order valence-corrected chi connectivity index (χ1v) is 7.14. The largest absolute Gasteiger partial charge is 0.518 e. The fourth-order valence-corrected chi connectivity index (χ4v) is 2.05. The van der Waals surface area contributed by atoms with Crippen LogP contribution in [0.5, 0.6) is 5.75 Å². The standard InChI is InChI=1S/C11H11F3N4O3S/c1-6-4-7(2)9(8(3)5-6)21-10(16-18-15)17-22(19,20)11(12,13)14/h4-5H,1-3H3/b17-10+. The van der Waals surface area contributed by atoms with Crippen LogP contribution in [-0.2, 0) is 10.0 Å². The molecule has 0 saturated heterocycles. The van der Waals surface area contributed by atoms with Gasteiger partial charge in [-0.15, -0.1) is 4.40 Å². The van der Waals surface area contributed by atoms with Crippen molar-refractivity contribution in [1.29, 1.82) is 0 Å². The van der Waals surface area contributed by atoms with E-state index >= 15 is 0 Å². The lowest BCUT2D eigenvalue weighted by atomic mass is 10.1.